The molecule has 0 N–H and O–H groups in total. The highest BCUT2D eigenvalue weighted by molar-refractivity contribution is 7.99. The van der Waals surface area contributed by atoms with Gasteiger partial charge >= 0.3 is 0 Å². The van der Waals surface area contributed by atoms with E-state index in [-0.39, 0.29) is 15.9 Å². The molecule has 0 saturated carbocycles. The lowest BCUT2D eigenvalue weighted by molar-refractivity contribution is -0.384. The molecule has 150 valence electrons. The zero-order valence-electron chi connectivity index (χ0n) is 16.3. The molecule has 0 fully saturated rings. The molecule has 7 nitrogen and oxygen atoms in total. The summed E-state index contributed by atoms with van der Waals surface area (Å²) in [5.41, 5.74) is 2.97. The Labute approximate surface area is 178 Å². The minimum absolute atomic E-state index is 0.0367. The van der Waals surface area contributed by atoms with Gasteiger partial charge in [-0.05, 0) is 30.2 Å². The van der Waals surface area contributed by atoms with E-state index in [4.69, 9.17) is 0 Å². The third kappa shape index (κ3) is 4.38. The van der Waals surface area contributed by atoms with Crippen molar-refractivity contribution in [3.8, 4) is 11.4 Å². The minimum Gasteiger partial charge on any atom is -0.297 e. The molecule has 30 heavy (non-hydrogen) atoms. The van der Waals surface area contributed by atoms with E-state index >= 15 is 0 Å². The van der Waals surface area contributed by atoms with E-state index in [0.29, 0.717) is 6.54 Å². The van der Waals surface area contributed by atoms with Crippen LogP contribution in [0.25, 0.3) is 11.4 Å². The SMILES string of the molecule is C[C@@H](Sc1nnc(-c2cccnc2)n1Cc1ccccc1)c1cccc([N+](=O)[O-])c1. The number of rotatable bonds is 7. The second kappa shape index (κ2) is 8.87. The van der Waals surface area contributed by atoms with Gasteiger partial charge in [0, 0.05) is 35.3 Å². The summed E-state index contributed by atoms with van der Waals surface area (Å²) in [6, 6.07) is 20.6. The number of non-ortho nitro benzene ring substituents is 1. The van der Waals surface area contributed by atoms with Crippen LogP contribution in [0.1, 0.15) is 23.3 Å². The predicted octanol–water partition coefficient (Wildman–Crippen LogP) is 5.15. The Hall–Kier alpha value is -3.52. The molecule has 0 amide bonds. The summed E-state index contributed by atoms with van der Waals surface area (Å²) in [4.78, 5) is 14.9. The fourth-order valence-electron chi connectivity index (χ4n) is 3.11. The lowest BCUT2D eigenvalue weighted by Crippen LogP contribution is -2.05. The first-order valence-corrected chi connectivity index (χ1v) is 10.3. The van der Waals surface area contributed by atoms with Crippen LogP contribution in [-0.2, 0) is 6.54 Å². The number of aromatic nitrogens is 4. The Balaban J connectivity index is 1.68. The zero-order valence-corrected chi connectivity index (χ0v) is 17.1. The van der Waals surface area contributed by atoms with Gasteiger partial charge in [-0.2, -0.15) is 0 Å². The van der Waals surface area contributed by atoms with Crippen molar-refractivity contribution in [3.63, 3.8) is 0 Å². The largest absolute Gasteiger partial charge is 0.297 e. The molecule has 0 unspecified atom stereocenters. The fourth-order valence-corrected chi connectivity index (χ4v) is 4.08. The number of thioether (sulfide) groups is 1. The highest BCUT2D eigenvalue weighted by Gasteiger charge is 2.19. The maximum atomic E-state index is 11.1. The van der Waals surface area contributed by atoms with Gasteiger partial charge in [0.05, 0.1) is 11.5 Å². The second-order valence-electron chi connectivity index (χ2n) is 6.73. The van der Waals surface area contributed by atoms with Crippen molar-refractivity contribution in [2.75, 3.05) is 0 Å². The molecule has 2 heterocycles. The van der Waals surface area contributed by atoms with Gasteiger partial charge in [0.1, 0.15) is 0 Å². The average Bonchev–Trinajstić information content (AvgIpc) is 3.17. The topological polar surface area (TPSA) is 86.7 Å². The van der Waals surface area contributed by atoms with E-state index < -0.39 is 0 Å². The third-order valence-corrected chi connectivity index (χ3v) is 5.79. The summed E-state index contributed by atoms with van der Waals surface area (Å²) in [6.07, 6.45) is 3.49. The van der Waals surface area contributed by atoms with Crippen LogP contribution in [0.5, 0.6) is 0 Å². The van der Waals surface area contributed by atoms with Crippen LogP contribution in [0, 0.1) is 10.1 Å². The van der Waals surface area contributed by atoms with Crippen LogP contribution in [0.4, 0.5) is 5.69 Å². The van der Waals surface area contributed by atoms with Gasteiger partial charge in [0.15, 0.2) is 11.0 Å². The van der Waals surface area contributed by atoms with Gasteiger partial charge in [-0.1, -0.05) is 54.2 Å². The number of nitro benzene ring substituents is 1. The van der Waals surface area contributed by atoms with Gasteiger partial charge < -0.3 is 0 Å². The first-order valence-electron chi connectivity index (χ1n) is 9.40. The maximum Gasteiger partial charge on any atom is 0.269 e. The lowest BCUT2D eigenvalue weighted by atomic mass is 10.1. The van der Waals surface area contributed by atoms with Crippen LogP contribution in [0.2, 0.25) is 0 Å². The van der Waals surface area contributed by atoms with E-state index in [1.54, 1.807) is 24.5 Å². The Morgan fingerprint density at radius 1 is 1.07 bits per heavy atom. The van der Waals surface area contributed by atoms with E-state index in [1.807, 2.05) is 43.3 Å². The maximum absolute atomic E-state index is 11.1. The Bertz CT molecular complexity index is 1150. The molecule has 0 spiro atoms. The number of nitro groups is 1. The first kappa shape index (κ1) is 19.8. The van der Waals surface area contributed by atoms with Crippen molar-refractivity contribution in [2.45, 2.75) is 23.9 Å². The van der Waals surface area contributed by atoms with Gasteiger partial charge in [-0.3, -0.25) is 19.7 Å². The highest BCUT2D eigenvalue weighted by Crippen LogP contribution is 2.36. The molecular weight excluding hydrogens is 398 g/mol. The third-order valence-electron chi connectivity index (χ3n) is 4.65. The van der Waals surface area contributed by atoms with Crippen LogP contribution >= 0.6 is 11.8 Å². The summed E-state index contributed by atoms with van der Waals surface area (Å²) in [5, 5.41) is 20.7. The van der Waals surface area contributed by atoms with Gasteiger partial charge in [0.25, 0.3) is 5.69 Å². The van der Waals surface area contributed by atoms with Crippen LogP contribution < -0.4 is 0 Å². The molecule has 0 radical (unpaired) electrons. The number of nitrogens with zero attached hydrogens (tertiary/aromatic N) is 5. The molecule has 1 atom stereocenters. The molecule has 4 rings (SSSR count). The molecule has 4 aromatic rings. The Kier molecular flexibility index (Phi) is 5.85. The van der Waals surface area contributed by atoms with Crippen molar-refractivity contribution < 1.29 is 4.92 Å². The number of benzene rings is 2. The van der Waals surface area contributed by atoms with E-state index in [2.05, 4.69) is 31.9 Å². The molecule has 0 aliphatic carbocycles. The molecule has 0 aliphatic rings. The standard InChI is InChI=1S/C22H19N5O2S/c1-16(18-9-5-11-20(13-18)27(28)29)30-22-25-24-21(19-10-6-12-23-14-19)26(22)15-17-7-3-2-4-8-17/h2-14,16H,15H2,1H3/t16-/m1/s1. The summed E-state index contributed by atoms with van der Waals surface area (Å²) < 4.78 is 2.06. The number of pyridine rings is 1. The average molecular weight is 417 g/mol. The van der Waals surface area contributed by atoms with E-state index in [0.717, 1.165) is 27.7 Å². The first-order chi connectivity index (χ1) is 14.6. The quantitative estimate of drug-likeness (QED) is 0.235. The summed E-state index contributed by atoms with van der Waals surface area (Å²) in [5.74, 6) is 0.737. The Morgan fingerprint density at radius 2 is 1.90 bits per heavy atom. The summed E-state index contributed by atoms with van der Waals surface area (Å²) in [6.45, 7) is 2.62. The van der Waals surface area contributed by atoms with Gasteiger partial charge in [0.2, 0.25) is 0 Å². The van der Waals surface area contributed by atoms with Crippen molar-refractivity contribution in [1.82, 2.24) is 19.7 Å². The summed E-state index contributed by atoms with van der Waals surface area (Å²) in [7, 11) is 0. The van der Waals surface area contributed by atoms with Crippen molar-refractivity contribution in [1.29, 1.82) is 0 Å². The smallest absolute Gasteiger partial charge is 0.269 e. The van der Waals surface area contributed by atoms with Gasteiger partial charge in [-0.15, -0.1) is 10.2 Å². The number of hydrogen-bond donors (Lipinski definition) is 0. The molecule has 0 aliphatic heterocycles. The van der Waals surface area contributed by atoms with Crippen molar-refractivity contribution in [2.24, 2.45) is 0 Å². The van der Waals surface area contributed by atoms with Crippen LogP contribution in [0.15, 0.2) is 84.3 Å². The van der Waals surface area contributed by atoms with Gasteiger partial charge in [-0.25, -0.2) is 0 Å². The predicted molar refractivity (Wildman–Crippen MR) is 116 cm³/mol. The monoisotopic (exact) mass is 417 g/mol. The van der Waals surface area contributed by atoms with Crippen molar-refractivity contribution >= 4 is 17.4 Å². The fraction of sp³-hybridized carbons (Fsp3) is 0.136. The molecule has 8 heteroatoms. The molecule has 2 aromatic heterocycles. The molecular formula is C22H19N5O2S. The second-order valence-corrected chi connectivity index (χ2v) is 8.04. The summed E-state index contributed by atoms with van der Waals surface area (Å²) >= 11 is 1.52. The van der Waals surface area contributed by atoms with E-state index in [9.17, 15) is 10.1 Å². The molecule has 2 aromatic carbocycles. The Morgan fingerprint density at radius 3 is 2.63 bits per heavy atom. The highest BCUT2D eigenvalue weighted by atomic mass is 32.2. The molecule has 0 saturated heterocycles. The lowest BCUT2D eigenvalue weighted by Gasteiger charge is -2.14. The van der Waals surface area contributed by atoms with Crippen molar-refractivity contribution in [3.05, 3.63) is 100 Å². The van der Waals surface area contributed by atoms with Crippen LogP contribution in [0.3, 0.4) is 0 Å². The minimum atomic E-state index is -0.376. The van der Waals surface area contributed by atoms with Crippen LogP contribution in [-0.4, -0.2) is 24.7 Å². The normalized spacial score (nSPS) is 11.9. The number of hydrogen-bond acceptors (Lipinski definition) is 6. The molecule has 0 bridgehead atoms. The zero-order chi connectivity index (χ0) is 20.9. The van der Waals surface area contributed by atoms with E-state index in [1.165, 1.54) is 17.8 Å².